The van der Waals surface area contributed by atoms with Gasteiger partial charge in [-0.25, -0.2) is 0 Å². The van der Waals surface area contributed by atoms with Gasteiger partial charge in [-0.1, -0.05) is 6.92 Å². The van der Waals surface area contributed by atoms with E-state index < -0.39 is 0 Å². The lowest BCUT2D eigenvalue weighted by molar-refractivity contribution is 0.0805. The number of likely N-dealkylation sites (N-methyl/N-ethyl adjacent to an activating group) is 1. The summed E-state index contributed by atoms with van der Waals surface area (Å²) in [5.41, 5.74) is 5.37. The standard InChI is InChI=1S/C12H27N3O/c1-3-15-7-4-12(5-8-15)14(2)9-11-16-10-6-13/h12H,3-11,13H2,1-2H3. The molecule has 0 bridgehead atoms. The molecule has 16 heavy (non-hydrogen) atoms. The molecule has 0 spiro atoms. The highest BCUT2D eigenvalue weighted by Crippen LogP contribution is 2.14. The van der Waals surface area contributed by atoms with Crippen LogP contribution in [0.4, 0.5) is 0 Å². The number of rotatable bonds is 7. The van der Waals surface area contributed by atoms with Crippen molar-refractivity contribution >= 4 is 0 Å². The molecular formula is C12H27N3O. The number of hydrogen-bond donors (Lipinski definition) is 1. The number of hydrogen-bond acceptors (Lipinski definition) is 4. The fourth-order valence-corrected chi connectivity index (χ4v) is 2.25. The maximum atomic E-state index is 5.41. The lowest BCUT2D eigenvalue weighted by Crippen LogP contribution is -2.44. The Morgan fingerprint density at radius 2 is 2.00 bits per heavy atom. The number of nitrogens with two attached hydrogens (primary N) is 1. The van der Waals surface area contributed by atoms with Crippen molar-refractivity contribution in [1.82, 2.24) is 9.80 Å². The maximum Gasteiger partial charge on any atom is 0.0594 e. The Hall–Kier alpha value is -0.160. The molecule has 96 valence electrons. The smallest absolute Gasteiger partial charge is 0.0594 e. The van der Waals surface area contributed by atoms with Crippen LogP contribution in [-0.2, 0) is 4.74 Å². The lowest BCUT2D eigenvalue weighted by atomic mass is 10.0. The van der Waals surface area contributed by atoms with Gasteiger partial charge in [0.15, 0.2) is 0 Å². The molecule has 4 nitrogen and oxygen atoms in total. The predicted molar refractivity (Wildman–Crippen MR) is 67.6 cm³/mol. The van der Waals surface area contributed by atoms with Crippen molar-refractivity contribution in [3.63, 3.8) is 0 Å². The Balaban J connectivity index is 2.10. The molecule has 0 saturated carbocycles. The van der Waals surface area contributed by atoms with Crippen LogP contribution in [0, 0.1) is 0 Å². The molecule has 0 aliphatic carbocycles. The van der Waals surface area contributed by atoms with E-state index in [1.54, 1.807) is 0 Å². The zero-order chi connectivity index (χ0) is 11.8. The minimum Gasteiger partial charge on any atom is -0.379 e. The highest BCUT2D eigenvalue weighted by atomic mass is 16.5. The van der Waals surface area contributed by atoms with Crippen LogP contribution in [0.3, 0.4) is 0 Å². The Bertz CT molecular complexity index is 170. The lowest BCUT2D eigenvalue weighted by Gasteiger charge is -2.36. The monoisotopic (exact) mass is 229 g/mol. The van der Waals surface area contributed by atoms with Gasteiger partial charge in [0.1, 0.15) is 0 Å². The molecule has 0 amide bonds. The molecule has 1 aliphatic heterocycles. The van der Waals surface area contributed by atoms with Crippen LogP contribution in [0.1, 0.15) is 19.8 Å². The van der Waals surface area contributed by atoms with Gasteiger partial charge in [-0.3, -0.25) is 0 Å². The molecule has 1 saturated heterocycles. The normalized spacial score (nSPS) is 19.5. The van der Waals surface area contributed by atoms with Crippen molar-refractivity contribution < 1.29 is 4.74 Å². The van der Waals surface area contributed by atoms with Crippen molar-refractivity contribution in [2.75, 3.05) is 53.0 Å². The van der Waals surface area contributed by atoms with Crippen molar-refractivity contribution in [2.24, 2.45) is 5.73 Å². The van der Waals surface area contributed by atoms with E-state index in [2.05, 4.69) is 23.8 Å². The molecule has 1 aliphatic rings. The quantitative estimate of drug-likeness (QED) is 0.641. The van der Waals surface area contributed by atoms with Crippen LogP contribution in [0.15, 0.2) is 0 Å². The van der Waals surface area contributed by atoms with Gasteiger partial charge < -0.3 is 20.3 Å². The highest BCUT2D eigenvalue weighted by molar-refractivity contribution is 4.77. The Kier molecular flexibility index (Phi) is 6.96. The molecule has 0 radical (unpaired) electrons. The largest absolute Gasteiger partial charge is 0.379 e. The molecule has 2 N–H and O–H groups in total. The van der Waals surface area contributed by atoms with Crippen molar-refractivity contribution in [2.45, 2.75) is 25.8 Å². The number of piperidine rings is 1. The van der Waals surface area contributed by atoms with E-state index in [9.17, 15) is 0 Å². The fraction of sp³-hybridized carbons (Fsp3) is 1.00. The molecule has 0 aromatic carbocycles. The highest BCUT2D eigenvalue weighted by Gasteiger charge is 2.20. The van der Waals surface area contributed by atoms with Crippen LogP contribution < -0.4 is 5.73 Å². The summed E-state index contributed by atoms with van der Waals surface area (Å²) in [5, 5.41) is 0. The summed E-state index contributed by atoms with van der Waals surface area (Å²) in [6, 6.07) is 0.740. The molecule has 1 rings (SSSR count). The van der Waals surface area contributed by atoms with Crippen LogP contribution in [0.25, 0.3) is 0 Å². The zero-order valence-corrected chi connectivity index (χ0v) is 10.8. The van der Waals surface area contributed by atoms with Gasteiger partial charge in [-0.15, -0.1) is 0 Å². The Morgan fingerprint density at radius 1 is 1.31 bits per heavy atom. The number of ether oxygens (including phenoxy) is 1. The van der Waals surface area contributed by atoms with Crippen molar-refractivity contribution in [3.8, 4) is 0 Å². The second-order valence-corrected chi connectivity index (χ2v) is 4.55. The first-order chi connectivity index (χ1) is 7.77. The van der Waals surface area contributed by atoms with Crippen LogP contribution in [0.5, 0.6) is 0 Å². The minimum absolute atomic E-state index is 0.624. The fourth-order valence-electron chi connectivity index (χ4n) is 2.25. The Morgan fingerprint density at radius 3 is 2.56 bits per heavy atom. The predicted octanol–water partition coefficient (Wildman–Crippen LogP) is 0.378. The Labute approximate surface area is 99.7 Å². The third-order valence-electron chi connectivity index (χ3n) is 3.48. The van der Waals surface area contributed by atoms with Crippen LogP contribution in [0.2, 0.25) is 0 Å². The van der Waals surface area contributed by atoms with E-state index in [-0.39, 0.29) is 0 Å². The summed E-state index contributed by atoms with van der Waals surface area (Å²) in [7, 11) is 2.21. The van der Waals surface area contributed by atoms with Gasteiger partial charge >= 0.3 is 0 Å². The van der Waals surface area contributed by atoms with E-state index in [4.69, 9.17) is 10.5 Å². The van der Waals surface area contributed by atoms with Crippen LogP contribution in [-0.4, -0.2) is 68.8 Å². The summed E-state index contributed by atoms with van der Waals surface area (Å²) in [6.07, 6.45) is 2.59. The van der Waals surface area contributed by atoms with Gasteiger partial charge in [0, 0.05) is 19.1 Å². The van der Waals surface area contributed by atoms with Gasteiger partial charge in [-0.2, -0.15) is 0 Å². The third kappa shape index (κ3) is 4.78. The molecule has 4 heteroatoms. The van der Waals surface area contributed by atoms with Gasteiger partial charge in [-0.05, 0) is 39.5 Å². The zero-order valence-electron chi connectivity index (χ0n) is 10.8. The molecule has 0 aromatic heterocycles. The van der Waals surface area contributed by atoms with E-state index in [0.717, 1.165) is 19.2 Å². The SMILES string of the molecule is CCN1CCC(N(C)CCOCCN)CC1. The van der Waals surface area contributed by atoms with Crippen LogP contribution >= 0.6 is 0 Å². The molecule has 1 fully saturated rings. The molecule has 0 aromatic rings. The van der Waals surface area contributed by atoms with Gasteiger partial charge in [0.2, 0.25) is 0 Å². The number of likely N-dealkylation sites (tertiary alicyclic amines) is 1. The maximum absolute atomic E-state index is 5.41. The average molecular weight is 229 g/mol. The minimum atomic E-state index is 0.624. The first-order valence-corrected chi connectivity index (χ1v) is 6.48. The molecule has 1 heterocycles. The second-order valence-electron chi connectivity index (χ2n) is 4.55. The summed E-state index contributed by atoms with van der Waals surface area (Å²) >= 11 is 0. The number of nitrogens with zero attached hydrogens (tertiary/aromatic N) is 2. The first-order valence-electron chi connectivity index (χ1n) is 6.48. The average Bonchev–Trinajstić information content (AvgIpc) is 2.34. The topological polar surface area (TPSA) is 41.7 Å². The summed E-state index contributed by atoms with van der Waals surface area (Å²) in [5.74, 6) is 0. The van der Waals surface area contributed by atoms with Gasteiger partial charge in [0.25, 0.3) is 0 Å². The summed E-state index contributed by atoms with van der Waals surface area (Å²) < 4.78 is 5.41. The van der Waals surface area contributed by atoms with E-state index >= 15 is 0 Å². The van der Waals surface area contributed by atoms with E-state index in [1.807, 2.05) is 0 Å². The van der Waals surface area contributed by atoms with E-state index in [1.165, 1.54) is 32.5 Å². The van der Waals surface area contributed by atoms with Crippen molar-refractivity contribution in [3.05, 3.63) is 0 Å². The second kappa shape index (κ2) is 8.01. The van der Waals surface area contributed by atoms with Gasteiger partial charge in [0.05, 0.1) is 13.2 Å². The van der Waals surface area contributed by atoms with E-state index in [0.29, 0.717) is 13.2 Å². The first kappa shape index (κ1) is 13.9. The summed E-state index contributed by atoms with van der Waals surface area (Å²) in [6.45, 7) is 9.06. The molecular weight excluding hydrogens is 202 g/mol. The molecule has 0 unspecified atom stereocenters. The van der Waals surface area contributed by atoms with Crippen molar-refractivity contribution in [1.29, 1.82) is 0 Å². The summed E-state index contributed by atoms with van der Waals surface area (Å²) in [4.78, 5) is 4.96. The molecule has 0 atom stereocenters. The third-order valence-corrected chi connectivity index (χ3v) is 3.48.